The Morgan fingerprint density at radius 3 is 1.77 bits per heavy atom. The smallest absolute Gasteiger partial charge is 0.0650 e. The molecule has 26 heavy (non-hydrogen) atoms. The standard InChI is InChI=1S/C21H17N2P.C2H6/c1-3-9-18(10-4-1)24(19-11-5-2-6-12-19)20-13-7-8-17(16-20)21-14-15-22-23-21;1-2/h1-16H,(H,22,23);1-2H3. The van der Waals surface area contributed by atoms with Gasteiger partial charge in [-0.2, -0.15) is 5.10 Å². The number of aromatic nitrogens is 2. The van der Waals surface area contributed by atoms with Gasteiger partial charge in [-0.3, -0.25) is 5.10 Å². The minimum Gasteiger partial charge on any atom is -0.278 e. The average Bonchev–Trinajstić information content (AvgIpc) is 3.27. The monoisotopic (exact) mass is 358 g/mol. The largest absolute Gasteiger partial charge is 0.278 e. The lowest BCUT2D eigenvalue weighted by molar-refractivity contribution is 1.10. The summed E-state index contributed by atoms with van der Waals surface area (Å²) in [6, 6.07) is 32.3. The highest BCUT2D eigenvalue weighted by Gasteiger charge is 2.16. The van der Waals surface area contributed by atoms with Crippen LogP contribution in [0.3, 0.4) is 0 Å². The molecule has 0 amide bonds. The molecule has 0 unspecified atom stereocenters. The Balaban J connectivity index is 0.000000948. The first-order valence-electron chi connectivity index (χ1n) is 8.92. The van der Waals surface area contributed by atoms with E-state index in [9.17, 15) is 0 Å². The summed E-state index contributed by atoms with van der Waals surface area (Å²) in [6.45, 7) is 4.00. The Hall–Kier alpha value is -2.70. The van der Waals surface area contributed by atoms with Crippen molar-refractivity contribution in [2.75, 3.05) is 0 Å². The van der Waals surface area contributed by atoms with Gasteiger partial charge in [-0.25, -0.2) is 0 Å². The molecule has 0 aliphatic carbocycles. The first-order valence-corrected chi connectivity index (χ1v) is 10.3. The van der Waals surface area contributed by atoms with Gasteiger partial charge in [-0.05, 0) is 36.0 Å². The van der Waals surface area contributed by atoms with E-state index >= 15 is 0 Å². The van der Waals surface area contributed by atoms with Crippen molar-refractivity contribution >= 4 is 23.8 Å². The quantitative estimate of drug-likeness (QED) is 0.519. The van der Waals surface area contributed by atoms with Gasteiger partial charge in [0, 0.05) is 11.8 Å². The van der Waals surface area contributed by atoms with Crippen molar-refractivity contribution in [2.24, 2.45) is 0 Å². The zero-order valence-corrected chi connectivity index (χ0v) is 16.0. The van der Waals surface area contributed by atoms with E-state index < -0.39 is 7.92 Å². The normalized spacial score (nSPS) is 10.3. The fraction of sp³-hybridized carbons (Fsp3) is 0.0870. The molecule has 0 aliphatic rings. The molecule has 1 N–H and O–H groups in total. The molecule has 0 atom stereocenters. The second kappa shape index (κ2) is 9.12. The molecule has 2 nitrogen and oxygen atoms in total. The molecule has 1 aromatic heterocycles. The first-order chi connectivity index (χ1) is 12.9. The van der Waals surface area contributed by atoms with Crippen molar-refractivity contribution in [1.29, 1.82) is 0 Å². The number of benzene rings is 3. The molecule has 4 rings (SSSR count). The lowest BCUT2D eigenvalue weighted by Gasteiger charge is -2.19. The summed E-state index contributed by atoms with van der Waals surface area (Å²) in [4.78, 5) is 0. The average molecular weight is 358 g/mol. The molecule has 0 radical (unpaired) electrons. The number of nitrogens with zero attached hydrogens (tertiary/aromatic N) is 1. The van der Waals surface area contributed by atoms with Crippen LogP contribution in [-0.2, 0) is 0 Å². The molecular formula is C23H23N2P. The summed E-state index contributed by atoms with van der Waals surface area (Å²) in [5, 5.41) is 11.2. The van der Waals surface area contributed by atoms with Crippen molar-refractivity contribution in [3.05, 3.63) is 97.2 Å². The van der Waals surface area contributed by atoms with Gasteiger partial charge in [0.05, 0.1) is 5.69 Å². The number of H-pyrrole nitrogens is 1. The number of hydrogen-bond donors (Lipinski definition) is 1. The van der Waals surface area contributed by atoms with Gasteiger partial charge in [0.15, 0.2) is 0 Å². The molecule has 0 aliphatic heterocycles. The van der Waals surface area contributed by atoms with Crippen LogP contribution in [0.15, 0.2) is 97.2 Å². The Bertz CT molecular complexity index is 864. The Morgan fingerprint density at radius 2 is 1.23 bits per heavy atom. The summed E-state index contributed by atoms with van der Waals surface area (Å²) < 4.78 is 0. The van der Waals surface area contributed by atoms with Gasteiger partial charge in [0.1, 0.15) is 0 Å². The third-order valence-electron chi connectivity index (χ3n) is 3.94. The molecule has 0 fully saturated rings. The topological polar surface area (TPSA) is 28.7 Å². The number of nitrogens with one attached hydrogen (secondary N) is 1. The van der Waals surface area contributed by atoms with E-state index in [4.69, 9.17) is 0 Å². The van der Waals surface area contributed by atoms with Crippen LogP contribution >= 0.6 is 7.92 Å². The van der Waals surface area contributed by atoms with E-state index in [1.54, 1.807) is 6.20 Å². The molecule has 0 bridgehead atoms. The highest BCUT2D eigenvalue weighted by Crippen LogP contribution is 2.33. The summed E-state index contributed by atoms with van der Waals surface area (Å²) in [7, 11) is -0.572. The van der Waals surface area contributed by atoms with Gasteiger partial charge in [-0.1, -0.05) is 92.7 Å². The minimum absolute atomic E-state index is 0.572. The minimum atomic E-state index is -0.572. The van der Waals surface area contributed by atoms with E-state index in [1.165, 1.54) is 21.5 Å². The molecule has 0 spiro atoms. The van der Waals surface area contributed by atoms with Crippen LogP contribution < -0.4 is 15.9 Å². The maximum absolute atomic E-state index is 4.07. The SMILES string of the molecule is CC.c1ccc(P(c2ccccc2)c2cccc(-c3ccn[nH]3)c2)cc1. The molecule has 1 heterocycles. The van der Waals surface area contributed by atoms with Gasteiger partial charge < -0.3 is 0 Å². The second-order valence-corrected chi connectivity index (χ2v) is 7.75. The Morgan fingerprint density at radius 1 is 0.654 bits per heavy atom. The fourth-order valence-corrected chi connectivity index (χ4v) is 5.17. The summed E-state index contributed by atoms with van der Waals surface area (Å²) >= 11 is 0. The van der Waals surface area contributed by atoms with E-state index in [0.29, 0.717) is 0 Å². The molecule has 0 saturated carbocycles. The second-order valence-electron chi connectivity index (χ2n) is 5.53. The van der Waals surface area contributed by atoms with Crippen LogP contribution in [0.5, 0.6) is 0 Å². The number of aromatic amines is 1. The Labute approximate surface area is 156 Å². The molecule has 0 saturated heterocycles. The highest BCUT2D eigenvalue weighted by molar-refractivity contribution is 7.79. The third-order valence-corrected chi connectivity index (χ3v) is 6.37. The molecule has 3 heteroatoms. The van der Waals surface area contributed by atoms with E-state index in [-0.39, 0.29) is 0 Å². The van der Waals surface area contributed by atoms with Crippen molar-refractivity contribution in [2.45, 2.75) is 13.8 Å². The van der Waals surface area contributed by atoms with Gasteiger partial charge in [0.25, 0.3) is 0 Å². The fourth-order valence-electron chi connectivity index (χ4n) is 2.83. The summed E-state index contributed by atoms with van der Waals surface area (Å²) in [6.07, 6.45) is 1.79. The maximum atomic E-state index is 4.07. The lowest BCUT2D eigenvalue weighted by Crippen LogP contribution is -2.20. The summed E-state index contributed by atoms with van der Waals surface area (Å²) in [5.74, 6) is 0. The zero-order chi connectivity index (χ0) is 18.2. The van der Waals surface area contributed by atoms with Crippen LogP contribution in [-0.4, -0.2) is 10.2 Å². The molecule has 4 aromatic rings. The first kappa shape index (κ1) is 18.1. The van der Waals surface area contributed by atoms with E-state index in [1.807, 2.05) is 19.9 Å². The number of rotatable bonds is 4. The van der Waals surface area contributed by atoms with Crippen molar-refractivity contribution in [3.8, 4) is 11.3 Å². The molecule has 130 valence electrons. The van der Waals surface area contributed by atoms with Gasteiger partial charge >= 0.3 is 0 Å². The molecular weight excluding hydrogens is 335 g/mol. The molecule has 3 aromatic carbocycles. The number of hydrogen-bond acceptors (Lipinski definition) is 1. The van der Waals surface area contributed by atoms with Crippen LogP contribution in [0.2, 0.25) is 0 Å². The predicted molar refractivity (Wildman–Crippen MR) is 114 cm³/mol. The van der Waals surface area contributed by atoms with E-state index in [0.717, 1.165) is 5.69 Å². The highest BCUT2D eigenvalue weighted by atomic mass is 31.1. The predicted octanol–water partition coefficient (Wildman–Crippen LogP) is 4.86. The van der Waals surface area contributed by atoms with Crippen LogP contribution in [0.4, 0.5) is 0 Å². The lowest BCUT2D eigenvalue weighted by atomic mass is 10.2. The van der Waals surface area contributed by atoms with Gasteiger partial charge in [0.2, 0.25) is 0 Å². The summed E-state index contributed by atoms with van der Waals surface area (Å²) in [5.41, 5.74) is 2.22. The van der Waals surface area contributed by atoms with E-state index in [2.05, 4.69) is 95.1 Å². The van der Waals surface area contributed by atoms with Crippen LogP contribution in [0, 0.1) is 0 Å². The Kier molecular flexibility index (Phi) is 6.35. The zero-order valence-electron chi connectivity index (χ0n) is 15.1. The van der Waals surface area contributed by atoms with Gasteiger partial charge in [-0.15, -0.1) is 0 Å². The van der Waals surface area contributed by atoms with Crippen molar-refractivity contribution in [1.82, 2.24) is 10.2 Å². The third kappa shape index (κ3) is 4.09. The van der Waals surface area contributed by atoms with Crippen molar-refractivity contribution < 1.29 is 0 Å². The maximum Gasteiger partial charge on any atom is 0.0650 e. The van der Waals surface area contributed by atoms with Crippen LogP contribution in [0.25, 0.3) is 11.3 Å². The van der Waals surface area contributed by atoms with Crippen LogP contribution in [0.1, 0.15) is 13.8 Å². The van der Waals surface area contributed by atoms with Crippen molar-refractivity contribution in [3.63, 3.8) is 0 Å².